The highest BCUT2D eigenvalue weighted by Gasteiger charge is 2.00. The molecule has 4 heteroatoms. The monoisotopic (exact) mass is 236 g/mol. The summed E-state index contributed by atoms with van der Waals surface area (Å²) >= 11 is 5.58. The van der Waals surface area contributed by atoms with Crippen LogP contribution >= 0.6 is 11.6 Å². The number of hydrogen-bond acceptors (Lipinski definition) is 3. The van der Waals surface area contributed by atoms with E-state index in [9.17, 15) is 4.79 Å². The Kier molecular flexibility index (Phi) is 2.97. The normalized spacial score (nSPS) is 10.3. The van der Waals surface area contributed by atoms with E-state index in [-0.39, 0.29) is 12.2 Å². The molecule has 3 nitrogen and oxygen atoms in total. The van der Waals surface area contributed by atoms with Gasteiger partial charge in [-0.2, -0.15) is 0 Å². The van der Waals surface area contributed by atoms with Crippen molar-refractivity contribution in [3.05, 3.63) is 52.4 Å². The number of rotatable bonds is 3. The second-order valence-corrected chi connectivity index (χ2v) is 3.79. The minimum atomic E-state index is -0.383. The summed E-state index contributed by atoms with van der Waals surface area (Å²) in [5, 5.41) is 1.26. The maximum atomic E-state index is 11.0. The first-order valence-corrected chi connectivity index (χ1v) is 5.03. The van der Waals surface area contributed by atoms with E-state index in [1.54, 1.807) is 18.2 Å². The summed E-state index contributed by atoms with van der Waals surface area (Å²) in [5.74, 6) is 0.587. The summed E-state index contributed by atoms with van der Waals surface area (Å²) in [6, 6.07) is 8.32. The van der Waals surface area contributed by atoms with Crippen LogP contribution < -0.4 is 10.4 Å². The van der Waals surface area contributed by atoms with Crippen molar-refractivity contribution >= 4 is 22.6 Å². The molecule has 1 aromatic carbocycles. The summed E-state index contributed by atoms with van der Waals surface area (Å²) in [4.78, 5) is 11.0. The molecule has 0 N–H and O–H groups in total. The fourth-order valence-electron chi connectivity index (χ4n) is 1.29. The van der Waals surface area contributed by atoms with E-state index in [4.69, 9.17) is 20.8 Å². The topological polar surface area (TPSA) is 39.4 Å². The van der Waals surface area contributed by atoms with Crippen LogP contribution in [0.3, 0.4) is 0 Å². The Bertz CT molecular complexity index is 586. The van der Waals surface area contributed by atoms with Gasteiger partial charge < -0.3 is 9.15 Å². The molecule has 1 heterocycles. The number of benzene rings is 1. The van der Waals surface area contributed by atoms with Crippen molar-refractivity contribution in [2.24, 2.45) is 0 Å². The van der Waals surface area contributed by atoms with Crippen molar-refractivity contribution in [1.29, 1.82) is 0 Å². The zero-order chi connectivity index (χ0) is 11.5. The molecule has 16 heavy (non-hydrogen) atoms. The number of ether oxygens (including phenoxy) is 1. The largest absolute Gasteiger partial charge is 0.488 e. The molecule has 2 rings (SSSR count). The SMILES string of the molecule is C=C(Cl)COc1ccc2ccc(=O)oc2c1. The molecule has 0 aliphatic rings. The summed E-state index contributed by atoms with van der Waals surface area (Å²) in [6.45, 7) is 3.74. The van der Waals surface area contributed by atoms with E-state index in [2.05, 4.69) is 6.58 Å². The van der Waals surface area contributed by atoms with Crippen molar-refractivity contribution in [3.8, 4) is 5.75 Å². The third kappa shape index (κ3) is 2.44. The molecular weight excluding hydrogens is 228 g/mol. The van der Waals surface area contributed by atoms with Gasteiger partial charge >= 0.3 is 5.63 Å². The van der Waals surface area contributed by atoms with Gasteiger partial charge in [-0.3, -0.25) is 0 Å². The maximum absolute atomic E-state index is 11.0. The molecule has 0 bridgehead atoms. The highest BCUT2D eigenvalue weighted by molar-refractivity contribution is 6.29. The van der Waals surface area contributed by atoms with Crippen molar-refractivity contribution in [3.63, 3.8) is 0 Å². The van der Waals surface area contributed by atoms with Crippen LogP contribution in [-0.2, 0) is 0 Å². The molecule has 0 saturated heterocycles. The summed E-state index contributed by atoms with van der Waals surface area (Å²) in [5.41, 5.74) is 0.108. The molecule has 82 valence electrons. The van der Waals surface area contributed by atoms with Crippen molar-refractivity contribution in [2.75, 3.05) is 6.61 Å². The van der Waals surface area contributed by atoms with Crippen molar-refractivity contribution < 1.29 is 9.15 Å². The molecule has 1 aromatic heterocycles. The van der Waals surface area contributed by atoms with Crippen LogP contribution in [0.2, 0.25) is 0 Å². The third-order valence-electron chi connectivity index (χ3n) is 1.99. The third-order valence-corrected chi connectivity index (χ3v) is 2.10. The highest BCUT2D eigenvalue weighted by atomic mass is 35.5. The van der Waals surface area contributed by atoms with Crippen LogP contribution in [0.5, 0.6) is 5.75 Å². The lowest BCUT2D eigenvalue weighted by atomic mass is 10.2. The first kappa shape index (κ1) is 10.8. The van der Waals surface area contributed by atoms with E-state index in [1.807, 2.05) is 6.07 Å². The molecule has 0 spiro atoms. The molecular formula is C12H9ClO3. The van der Waals surface area contributed by atoms with E-state index in [0.717, 1.165) is 5.39 Å². The Morgan fingerprint density at radius 1 is 1.38 bits per heavy atom. The van der Waals surface area contributed by atoms with Crippen LogP contribution in [0.15, 0.2) is 51.2 Å². The van der Waals surface area contributed by atoms with Gasteiger partial charge in [0.25, 0.3) is 0 Å². The quantitative estimate of drug-likeness (QED) is 0.770. The average Bonchev–Trinajstić information content (AvgIpc) is 2.25. The Morgan fingerprint density at radius 2 is 2.12 bits per heavy atom. The molecule has 0 atom stereocenters. The van der Waals surface area contributed by atoms with Gasteiger partial charge in [0.05, 0.1) is 0 Å². The Balaban J connectivity index is 2.35. The standard InChI is InChI=1S/C12H9ClO3/c1-8(13)7-15-10-4-2-9-3-5-12(14)16-11(9)6-10/h2-6H,1,7H2. The van der Waals surface area contributed by atoms with Gasteiger partial charge in [-0.25, -0.2) is 4.79 Å². The zero-order valence-electron chi connectivity index (χ0n) is 8.40. The van der Waals surface area contributed by atoms with E-state index < -0.39 is 0 Å². The van der Waals surface area contributed by atoms with E-state index >= 15 is 0 Å². The van der Waals surface area contributed by atoms with Gasteiger partial charge in [0.1, 0.15) is 17.9 Å². The van der Waals surface area contributed by atoms with Gasteiger partial charge in [-0.15, -0.1) is 0 Å². The Morgan fingerprint density at radius 3 is 2.88 bits per heavy atom. The molecule has 0 unspecified atom stereocenters. The average molecular weight is 237 g/mol. The lowest BCUT2D eigenvalue weighted by Crippen LogP contribution is -1.97. The smallest absolute Gasteiger partial charge is 0.336 e. The van der Waals surface area contributed by atoms with Gasteiger partial charge in [0.2, 0.25) is 0 Å². The molecule has 0 saturated carbocycles. The molecule has 0 fully saturated rings. The maximum Gasteiger partial charge on any atom is 0.336 e. The molecule has 0 radical (unpaired) electrons. The van der Waals surface area contributed by atoms with E-state index in [1.165, 1.54) is 6.07 Å². The van der Waals surface area contributed by atoms with Crippen LogP contribution in [0.25, 0.3) is 11.0 Å². The second kappa shape index (κ2) is 4.41. The predicted molar refractivity (Wildman–Crippen MR) is 63.0 cm³/mol. The van der Waals surface area contributed by atoms with Gasteiger partial charge in [-0.05, 0) is 18.2 Å². The number of halogens is 1. The second-order valence-electron chi connectivity index (χ2n) is 3.26. The van der Waals surface area contributed by atoms with Crippen LogP contribution in [-0.4, -0.2) is 6.61 Å². The van der Waals surface area contributed by atoms with Crippen molar-refractivity contribution in [2.45, 2.75) is 0 Å². The van der Waals surface area contributed by atoms with Gasteiger partial charge in [-0.1, -0.05) is 18.2 Å². The Labute approximate surface area is 96.9 Å². The number of fused-ring (bicyclic) bond motifs is 1. The summed E-state index contributed by atoms with van der Waals surface area (Å²) in [6.07, 6.45) is 0. The Hall–Kier alpha value is -1.74. The van der Waals surface area contributed by atoms with Crippen molar-refractivity contribution in [1.82, 2.24) is 0 Å². The molecule has 0 amide bonds. The lowest BCUT2D eigenvalue weighted by molar-refractivity contribution is 0.359. The highest BCUT2D eigenvalue weighted by Crippen LogP contribution is 2.19. The molecule has 0 aliphatic carbocycles. The number of hydrogen-bond donors (Lipinski definition) is 0. The summed E-state index contributed by atoms with van der Waals surface area (Å²) < 4.78 is 10.3. The minimum Gasteiger partial charge on any atom is -0.488 e. The lowest BCUT2D eigenvalue weighted by Gasteiger charge is -2.04. The van der Waals surface area contributed by atoms with Gasteiger partial charge in [0.15, 0.2) is 0 Å². The predicted octanol–water partition coefficient (Wildman–Crippen LogP) is 2.92. The molecule has 0 aliphatic heterocycles. The first-order valence-electron chi connectivity index (χ1n) is 4.65. The summed E-state index contributed by atoms with van der Waals surface area (Å²) in [7, 11) is 0. The van der Waals surface area contributed by atoms with E-state index in [0.29, 0.717) is 16.4 Å². The fourth-order valence-corrected chi connectivity index (χ4v) is 1.35. The van der Waals surface area contributed by atoms with Crippen LogP contribution in [0.1, 0.15) is 0 Å². The molecule has 2 aromatic rings. The first-order chi connectivity index (χ1) is 7.65. The van der Waals surface area contributed by atoms with Gasteiger partial charge in [0, 0.05) is 22.6 Å². The van der Waals surface area contributed by atoms with Crippen LogP contribution in [0, 0.1) is 0 Å². The van der Waals surface area contributed by atoms with Crippen LogP contribution in [0.4, 0.5) is 0 Å². The zero-order valence-corrected chi connectivity index (χ0v) is 9.16. The minimum absolute atomic E-state index is 0.226. The fraction of sp³-hybridized carbons (Fsp3) is 0.0833.